The van der Waals surface area contributed by atoms with Gasteiger partial charge in [-0.1, -0.05) is 30.3 Å². The van der Waals surface area contributed by atoms with Crippen LogP contribution in [0.15, 0.2) is 30.3 Å². The molecule has 0 unspecified atom stereocenters. The van der Waals surface area contributed by atoms with Crippen LogP contribution in [0.3, 0.4) is 0 Å². The van der Waals surface area contributed by atoms with E-state index in [2.05, 4.69) is 56.6 Å². The smallest absolute Gasteiger partial charge is 0.0955 e. The third-order valence-corrected chi connectivity index (χ3v) is 2.99. The Bertz CT molecular complexity index is 481. The first-order valence-corrected chi connectivity index (χ1v) is 5.72. The quantitative estimate of drug-likeness (QED) is 0.744. The number of benzene rings is 1. The minimum Gasteiger partial charge on any atom is -0.266 e. The molecule has 0 bridgehead atoms. The minimum absolute atomic E-state index is 0.413. The molecule has 0 spiro atoms. The van der Waals surface area contributed by atoms with E-state index in [9.17, 15) is 0 Å². The largest absolute Gasteiger partial charge is 0.266 e. The predicted octanol–water partition coefficient (Wildman–Crippen LogP) is 3.75. The number of aromatic nitrogens is 2. The van der Waals surface area contributed by atoms with Crippen molar-refractivity contribution in [3.05, 3.63) is 41.6 Å². The molecule has 0 saturated heterocycles. The zero-order chi connectivity index (χ0) is 11.7. The lowest BCUT2D eigenvalue weighted by molar-refractivity contribution is 0.520. The van der Waals surface area contributed by atoms with Crippen molar-refractivity contribution in [3.63, 3.8) is 0 Å². The van der Waals surface area contributed by atoms with Crippen molar-refractivity contribution >= 4 is 0 Å². The van der Waals surface area contributed by atoms with E-state index in [1.165, 1.54) is 16.8 Å². The molecular formula is C14H18N2. The first-order valence-electron chi connectivity index (χ1n) is 5.72. The Kier molecular flexibility index (Phi) is 2.82. The second-order valence-corrected chi connectivity index (χ2v) is 4.46. The molecule has 1 heterocycles. The molecule has 1 aromatic heterocycles. The molecular weight excluding hydrogens is 196 g/mol. The van der Waals surface area contributed by atoms with Crippen LogP contribution < -0.4 is 0 Å². The summed E-state index contributed by atoms with van der Waals surface area (Å²) in [4.78, 5) is 0. The summed E-state index contributed by atoms with van der Waals surface area (Å²) in [6.45, 7) is 8.60. The molecule has 16 heavy (non-hydrogen) atoms. The Morgan fingerprint density at radius 3 is 2.19 bits per heavy atom. The highest BCUT2D eigenvalue weighted by Gasteiger charge is 2.13. The van der Waals surface area contributed by atoms with Gasteiger partial charge in [0.15, 0.2) is 0 Å². The third-order valence-electron chi connectivity index (χ3n) is 2.99. The number of hydrogen-bond acceptors (Lipinski definition) is 1. The van der Waals surface area contributed by atoms with E-state index in [0.717, 1.165) is 5.69 Å². The molecule has 0 atom stereocenters. The first kappa shape index (κ1) is 10.9. The van der Waals surface area contributed by atoms with Crippen molar-refractivity contribution < 1.29 is 0 Å². The van der Waals surface area contributed by atoms with E-state index in [-0.39, 0.29) is 0 Å². The van der Waals surface area contributed by atoms with Crippen molar-refractivity contribution in [1.82, 2.24) is 9.78 Å². The highest BCUT2D eigenvalue weighted by atomic mass is 15.3. The Hall–Kier alpha value is -1.57. The topological polar surface area (TPSA) is 17.8 Å². The SMILES string of the molecule is Cc1c(-c2ccccc2)nn(C(C)C)c1C. The normalized spacial score (nSPS) is 11.1. The lowest BCUT2D eigenvalue weighted by Gasteiger charge is -2.07. The molecule has 2 nitrogen and oxygen atoms in total. The summed E-state index contributed by atoms with van der Waals surface area (Å²) in [7, 11) is 0. The lowest BCUT2D eigenvalue weighted by Crippen LogP contribution is -2.04. The maximum absolute atomic E-state index is 4.70. The molecule has 0 amide bonds. The van der Waals surface area contributed by atoms with E-state index < -0.39 is 0 Å². The summed E-state index contributed by atoms with van der Waals surface area (Å²) >= 11 is 0. The summed E-state index contributed by atoms with van der Waals surface area (Å²) in [5, 5.41) is 4.70. The van der Waals surface area contributed by atoms with Gasteiger partial charge >= 0.3 is 0 Å². The Balaban J connectivity index is 2.55. The van der Waals surface area contributed by atoms with Crippen LogP contribution in [0.1, 0.15) is 31.1 Å². The van der Waals surface area contributed by atoms with Crippen LogP contribution in [0.2, 0.25) is 0 Å². The summed E-state index contributed by atoms with van der Waals surface area (Å²) in [6, 6.07) is 10.8. The average Bonchev–Trinajstić information content (AvgIpc) is 2.58. The van der Waals surface area contributed by atoms with Gasteiger partial charge < -0.3 is 0 Å². The second-order valence-electron chi connectivity index (χ2n) is 4.46. The standard InChI is InChI=1S/C14H18N2/c1-10(2)16-12(4)11(3)14(15-16)13-8-6-5-7-9-13/h5-10H,1-4H3. The number of rotatable bonds is 2. The van der Waals surface area contributed by atoms with Gasteiger partial charge in [-0.3, -0.25) is 4.68 Å². The highest BCUT2D eigenvalue weighted by molar-refractivity contribution is 5.63. The summed E-state index contributed by atoms with van der Waals surface area (Å²) < 4.78 is 2.09. The minimum atomic E-state index is 0.413. The molecule has 0 fully saturated rings. The van der Waals surface area contributed by atoms with E-state index in [0.29, 0.717) is 6.04 Å². The predicted molar refractivity (Wildman–Crippen MR) is 67.5 cm³/mol. The van der Waals surface area contributed by atoms with Crippen LogP contribution in [0, 0.1) is 13.8 Å². The molecule has 2 heteroatoms. The second kappa shape index (κ2) is 4.12. The Morgan fingerprint density at radius 2 is 1.69 bits per heavy atom. The van der Waals surface area contributed by atoms with Gasteiger partial charge in [-0.2, -0.15) is 5.10 Å². The van der Waals surface area contributed by atoms with Crippen molar-refractivity contribution in [1.29, 1.82) is 0 Å². The number of hydrogen-bond donors (Lipinski definition) is 0. The molecule has 0 N–H and O–H groups in total. The zero-order valence-electron chi connectivity index (χ0n) is 10.4. The monoisotopic (exact) mass is 214 g/mol. The van der Waals surface area contributed by atoms with E-state index in [1.807, 2.05) is 6.07 Å². The Morgan fingerprint density at radius 1 is 1.06 bits per heavy atom. The van der Waals surface area contributed by atoms with Gasteiger partial charge in [-0.25, -0.2) is 0 Å². The molecule has 2 aromatic rings. The molecule has 84 valence electrons. The van der Waals surface area contributed by atoms with Gasteiger partial charge in [-0.05, 0) is 33.3 Å². The van der Waals surface area contributed by atoms with E-state index >= 15 is 0 Å². The van der Waals surface area contributed by atoms with Crippen LogP contribution in [-0.2, 0) is 0 Å². The van der Waals surface area contributed by atoms with Crippen molar-refractivity contribution in [3.8, 4) is 11.3 Å². The van der Waals surface area contributed by atoms with E-state index in [4.69, 9.17) is 5.10 Å². The molecule has 2 rings (SSSR count). The van der Waals surface area contributed by atoms with Gasteiger partial charge in [0.2, 0.25) is 0 Å². The van der Waals surface area contributed by atoms with Crippen molar-refractivity contribution in [2.24, 2.45) is 0 Å². The third kappa shape index (κ3) is 1.75. The van der Waals surface area contributed by atoms with Crippen LogP contribution >= 0.6 is 0 Å². The van der Waals surface area contributed by atoms with Gasteiger partial charge in [-0.15, -0.1) is 0 Å². The van der Waals surface area contributed by atoms with Crippen LogP contribution in [0.5, 0.6) is 0 Å². The van der Waals surface area contributed by atoms with Gasteiger partial charge in [0.25, 0.3) is 0 Å². The first-order chi connectivity index (χ1) is 7.61. The molecule has 0 aliphatic rings. The van der Waals surface area contributed by atoms with E-state index in [1.54, 1.807) is 0 Å². The molecule has 0 saturated carbocycles. The fraction of sp³-hybridized carbons (Fsp3) is 0.357. The fourth-order valence-electron chi connectivity index (χ4n) is 1.97. The summed E-state index contributed by atoms with van der Waals surface area (Å²) in [5.41, 5.74) is 4.84. The fourth-order valence-corrected chi connectivity index (χ4v) is 1.97. The highest BCUT2D eigenvalue weighted by Crippen LogP contribution is 2.25. The lowest BCUT2D eigenvalue weighted by atomic mass is 10.1. The average molecular weight is 214 g/mol. The van der Waals surface area contributed by atoms with Gasteiger partial charge in [0, 0.05) is 17.3 Å². The van der Waals surface area contributed by atoms with Gasteiger partial charge in [0.05, 0.1) is 5.69 Å². The van der Waals surface area contributed by atoms with Crippen molar-refractivity contribution in [2.75, 3.05) is 0 Å². The van der Waals surface area contributed by atoms with Crippen LogP contribution in [-0.4, -0.2) is 9.78 Å². The molecule has 1 aromatic carbocycles. The maximum Gasteiger partial charge on any atom is 0.0955 e. The van der Waals surface area contributed by atoms with Crippen LogP contribution in [0.25, 0.3) is 11.3 Å². The van der Waals surface area contributed by atoms with Crippen LogP contribution in [0.4, 0.5) is 0 Å². The molecule has 0 radical (unpaired) electrons. The summed E-state index contributed by atoms with van der Waals surface area (Å²) in [5.74, 6) is 0. The van der Waals surface area contributed by atoms with Crippen molar-refractivity contribution in [2.45, 2.75) is 33.7 Å². The summed E-state index contributed by atoms with van der Waals surface area (Å²) in [6.07, 6.45) is 0. The maximum atomic E-state index is 4.70. The zero-order valence-corrected chi connectivity index (χ0v) is 10.4. The Labute approximate surface area is 96.9 Å². The van der Waals surface area contributed by atoms with Gasteiger partial charge in [0.1, 0.15) is 0 Å². The molecule has 0 aliphatic carbocycles. The number of nitrogens with zero attached hydrogens (tertiary/aromatic N) is 2. The molecule has 0 aliphatic heterocycles.